The number of hydrogen-bond acceptors (Lipinski definition) is 3. The van der Waals surface area contributed by atoms with Gasteiger partial charge in [0.1, 0.15) is 5.03 Å². The number of alkyl halides is 2. The molecule has 2 nitrogen and oxygen atoms in total. The van der Waals surface area contributed by atoms with E-state index in [2.05, 4.69) is 10.2 Å². The maximum absolute atomic E-state index is 11.7. The van der Waals surface area contributed by atoms with Crippen LogP contribution < -0.4 is 0 Å². The first-order valence-electron chi connectivity index (χ1n) is 3.08. The van der Waals surface area contributed by atoms with Gasteiger partial charge in [-0.15, -0.1) is 10.2 Å². The van der Waals surface area contributed by atoms with Gasteiger partial charge in [-0.2, -0.15) is 0 Å². The van der Waals surface area contributed by atoms with Gasteiger partial charge in [-0.25, -0.2) is 8.78 Å². The summed E-state index contributed by atoms with van der Waals surface area (Å²) >= 11 is 6.40. The SMILES string of the molecule is FC(F)CSc1ccc(Cl)nn1. The lowest BCUT2D eigenvalue weighted by Gasteiger charge is -1.97. The molecular weight excluding hydrogens is 206 g/mol. The van der Waals surface area contributed by atoms with Gasteiger partial charge in [0.05, 0.1) is 5.75 Å². The van der Waals surface area contributed by atoms with Crippen molar-refractivity contribution in [2.45, 2.75) is 11.5 Å². The molecule has 12 heavy (non-hydrogen) atoms. The molecule has 0 amide bonds. The van der Waals surface area contributed by atoms with Gasteiger partial charge in [-0.1, -0.05) is 23.4 Å². The van der Waals surface area contributed by atoms with Crippen molar-refractivity contribution in [2.24, 2.45) is 0 Å². The minimum Gasteiger partial charge on any atom is -0.210 e. The monoisotopic (exact) mass is 210 g/mol. The van der Waals surface area contributed by atoms with Crippen molar-refractivity contribution in [1.29, 1.82) is 0 Å². The lowest BCUT2D eigenvalue weighted by molar-refractivity contribution is 0.177. The van der Waals surface area contributed by atoms with E-state index in [9.17, 15) is 8.78 Å². The smallest absolute Gasteiger partial charge is 0.210 e. The third-order valence-electron chi connectivity index (χ3n) is 0.965. The Labute approximate surface area is 77.3 Å². The van der Waals surface area contributed by atoms with Crippen LogP contribution in [0.1, 0.15) is 0 Å². The summed E-state index contributed by atoms with van der Waals surface area (Å²) in [5.74, 6) is -0.268. The lowest BCUT2D eigenvalue weighted by Crippen LogP contribution is -1.94. The third-order valence-corrected chi connectivity index (χ3v) is 2.10. The second-order valence-corrected chi connectivity index (χ2v) is 3.32. The van der Waals surface area contributed by atoms with Gasteiger partial charge in [-0.3, -0.25) is 0 Å². The molecule has 0 spiro atoms. The zero-order chi connectivity index (χ0) is 8.97. The average molecular weight is 211 g/mol. The topological polar surface area (TPSA) is 25.8 Å². The van der Waals surface area contributed by atoms with Crippen LogP contribution >= 0.6 is 23.4 Å². The maximum atomic E-state index is 11.7. The van der Waals surface area contributed by atoms with Gasteiger partial charge in [0, 0.05) is 0 Å². The molecule has 1 aromatic heterocycles. The Morgan fingerprint density at radius 2 is 2.17 bits per heavy atom. The number of hydrogen-bond donors (Lipinski definition) is 0. The molecule has 1 rings (SSSR count). The molecule has 1 aromatic rings. The molecule has 6 heteroatoms. The van der Waals surface area contributed by atoms with Crippen LogP contribution in [0.25, 0.3) is 0 Å². The van der Waals surface area contributed by atoms with Gasteiger partial charge in [0.15, 0.2) is 5.15 Å². The number of rotatable bonds is 3. The molecule has 0 unspecified atom stereocenters. The summed E-state index contributed by atoms with van der Waals surface area (Å²) in [7, 11) is 0. The molecule has 0 fully saturated rings. The van der Waals surface area contributed by atoms with Crippen molar-refractivity contribution in [3.05, 3.63) is 17.3 Å². The predicted molar refractivity (Wildman–Crippen MR) is 43.8 cm³/mol. The Hall–Kier alpha value is -0.420. The van der Waals surface area contributed by atoms with E-state index in [0.717, 1.165) is 11.8 Å². The third kappa shape index (κ3) is 3.32. The Morgan fingerprint density at radius 1 is 1.42 bits per heavy atom. The van der Waals surface area contributed by atoms with Gasteiger partial charge in [0.2, 0.25) is 6.43 Å². The number of halogens is 3. The Kier molecular flexibility index (Phi) is 3.68. The van der Waals surface area contributed by atoms with Gasteiger partial charge < -0.3 is 0 Å². The zero-order valence-electron chi connectivity index (χ0n) is 5.88. The zero-order valence-corrected chi connectivity index (χ0v) is 7.45. The predicted octanol–water partition coefficient (Wildman–Crippen LogP) is 2.49. The standard InChI is InChI=1S/C6H5ClF2N2S/c7-4-1-2-6(11-10-4)12-3-5(8)9/h1-2,5H,3H2. The van der Waals surface area contributed by atoms with Crippen molar-refractivity contribution in [2.75, 3.05) is 5.75 Å². The highest BCUT2D eigenvalue weighted by Gasteiger charge is 2.04. The molecule has 0 aromatic carbocycles. The number of nitrogens with zero attached hydrogens (tertiary/aromatic N) is 2. The van der Waals surface area contributed by atoms with E-state index in [1.54, 1.807) is 6.07 Å². The van der Waals surface area contributed by atoms with Crippen LogP contribution in [0, 0.1) is 0 Å². The van der Waals surface area contributed by atoms with E-state index < -0.39 is 6.43 Å². The van der Waals surface area contributed by atoms with Crippen molar-refractivity contribution in [3.8, 4) is 0 Å². The van der Waals surface area contributed by atoms with E-state index in [4.69, 9.17) is 11.6 Å². The number of aromatic nitrogens is 2. The lowest BCUT2D eigenvalue weighted by atomic mass is 10.6. The Morgan fingerprint density at radius 3 is 2.67 bits per heavy atom. The van der Waals surface area contributed by atoms with Crippen molar-refractivity contribution >= 4 is 23.4 Å². The van der Waals surface area contributed by atoms with Gasteiger partial charge in [0.25, 0.3) is 0 Å². The summed E-state index contributed by atoms with van der Waals surface area (Å²) in [5, 5.41) is 7.82. The first-order chi connectivity index (χ1) is 5.68. The molecule has 1 heterocycles. The normalized spacial score (nSPS) is 10.7. The first kappa shape index (κ1) is 9.67. The fraction of sp³-hybridized carbons (Fsp3) is 0.333. The summed E-state index contributed by atoms with van der Waals surface area (Å²) in [6.45, 7) is 0. The summed E-state index contributed by atoms with van der Waals surface area (Å²) in [6, 6.07) is 3.07. The first-order valence-corrected chi connectivity index (χ1v) is 4.45. The molecular formula is C6H5ClF2N2S. The second-order valence-electron chi connectivity index (χ2n) is 1.90. The molecule has 0 aliphatic rings. The fourth-order valence-corrected chi connectivity index (χ4v) is 1.19. The van der Waals surface area contributed by atoms with Crippen molar-refractivity contribution < 1.29 is 8.78 Å². The highest BCUT2D eigenvalue weighted by Crippen LogP contribution is 2.17. The van der Waals surface area contributed by atoms with E-state index in [-0.39, 0.29) is 10.9 Å². The van der Waals surface area contributed by atoms with Crippen LogP contribution in [0.4, 0.5) is 8.78 Å². The quantitative estimate of drug-likeness (QED) is 0.717. The summed E-state index contributed by atoms with van der Waals surface area (Å²) in [4.78, 5) is 0. The molecule has 0 saturated heterocycles. The maximum Gasteiger partial charge on any atom is 0.247 e. The van der Waals surface area contributed by atoms with Crippen LogP contribution in [0.5, 0.6) is 0 Å². The number of thioether (sulfide) groups is 1. The van der Waals surface area contributed by atoms with Crippen LogP contribution in [0.2, 0.25) is 5.15 Å². The fourth-order valence-electron chi connectivity index (χ4n) is 0.529. The van der Waals surface area contributed by atoms with E-state index in [1.807, 2.05) is 0 Å². The molecule has 66 valence electrons. The highest BCUT2D eigenvalue weighted by atomic mass is 35.5. The van der Waals surface area contributed by atoms with Crippen LogP contribution in [-0.2, 0) is 0 Å². The Bertz CT molecular complexity index is 242. The van der Waals surface area contributed by atoms with Crippen molar-refractivity contribution in [3.63, 3.8) is 0 Å². The van der Waals surface area contributed by atoms with Crippen molar-refractivity contribution in [1.82, 2.24) is 10.2 Å². The molecule has 0 aliphatic heterocycles. The molecule has 0 bridgehead atoms. The minimum atomic E-state index is -2.33. The summed E-state index contributed by atoms with van der Waals surface area (Å²) in [5.41, 5.74) is 0. The molecule has 0 saturated carbocycles. The van der Waals surface area contributed by atoms with Gasteiger partial charge >= 0.3 is 0 Å². The van der Waals surface area contributed by atoms with Crippen LogP contribution in [-0.4, -0.2) is 22.4 Å². The average Bonchev–Trinajstić information content (AvgIpc) is 2.03. The van der Waals surface area contributed by atoms with Gasteiger partial charge in [-0.05, 0) is 12.1 Å². The van der Waals surface area contributed by atoms with Crippen LogP contribution in [0.15, 0.2) is 17.2 Å². The minimum absolute atomic E-state index is 0.261. The highest BCUT2D eigenvalue weighted by molar-refractivity contribution is 7.99. The molecule has 0 radical (unpaired) electrons. The second kappa shape index (κ2) is 4.57. The van der Waals surface area contributed by atoms with E-state index >= 15 is 0 Å². The van der Waals surface area contributed by atoms with Crippen LogP contribution in [0.3, 0.4) is 0 Å². The largest absolute Gasteiger partial charge is 0.247 e. The van der Waals surface area contributed by atoms with E-state index in [1.165, 1.54) is 6.07 Å². The Balaban J connectivity index is 2.48. The summed E-state index contributed by atoms with van der Waals surface area (Å²) in [6.07, 6.45) is -2.33. The molecule has 0 atom stereocenters. The summed E-state index contributed by atoms with van der Waals surface area (Å²) < 4.78 is 23.4. The van der Waals surface area contributed by atoms with E-state index in [0.29, 0.717) is 5.03 Å². The molecule has 0 N–H and O–H groups in total. The molecule has 0 aliphatic carbocycles.